The molecular formula is C23H26N6O4S. The summed E-state index contributed by atoms with van der Waals surface area (Å²) in [5, 5.41) is 18.0. The first kappa shape index (κ1) is 22.6. The second-order valence-corrected chi connectivity index (χ2v) is 10.6. The average molecular weight is 483 g/mol. The first-order valence-electron chi connectivity index (χ1n) is 11.3. The van der Waals surface area contributed by atoms with Gasteiger partial charge in [-0.2, -0.15) is 14.7 Å². The highest BCUT2D eigenvalue weighted by atomic mass is 32.2. The van der Waals surface area contributed by atoms with Crippen LogP contribution in [0.4, 0.5) is 11.5 Å². The van der Waals surface area contributed by atoms with Gasteiger partial charge in [0, 0.05) is 32.1 Å². The summed E-state index contributed by atoms with van der Waals surface area (Å²) in [6.07, 6.45) is 5.25. The molecule has 0 amide bonds. The zero-order valence-electron chi connectivity index (χ0n) is 18.8. The highest BCUT2D eigenvalue weighted by Crippen LogP contribution is 2.37. The Morgan fingerprint density at radius 2 is 2.12 bits per heavy atom. The molecular weight excluding hydrogens is 456 g/mol. The molecule has 1 fully saturated rings. The molecule has 0 bridgehead atoms. The molecule has 10 nitrogen and oxygen atoms in total. The molecule has 0 unspecified atom stereocenters. The van der Waals surface area contributed by atoms with Crippen LogP contribution in [0.15, 0.2) is 40.2 Å². The number of aromatic nitrogens is 3. The third-order valence-electron chi connectivity index (χ3n) is 6.67. The average Bonchev–Trinajstić information content (AvgIpc) is 3.32. The molecule has 3 heterocycles. The van der Waals surface area contributed by atoms with Gasteiger partial charge in [0.2, 0.25) is 10.0 Å². The molecule has 178 valence electrons. The molecule has 34 heavy (non-hydrogen) atoms. The predicted octanol–water partition coefficient (Wildman–Crippen LogP) is 2.87. The molecule has 2 aliphatic rings. The van der Waals surface area contributed by atoms with Crippen LogP contribution in [0.1, 0.15) is 37.3 Å². The van der Waals surface area contributed by atoms with Gasteiger partial charge in [-0.1, -0.05) is 12.8 Å². The minimum absolute atomic E-state index is 0.0990. The van der Waals surface area contributed by atoms with E-state index in [4.69, 9.17) is 9.84 Å². The Bertz CT molecular complexity index is 1440. The fourth-order valence-electron chi connectivity index (χ4n) is 4.97. The van der Waals surface area contributed by atoms with Crippen LogP contribution < -0.4 is 10.9 Å². The number of pyridine rings is 1. The molecule has 5 rings (SSSR count). The lowest BCUT2D eigenvalue weighted by Gasteiger charge is -2.27. The SMILES string of the molecule is COCCN1Cc2cc(Nc3nn([C@H]4CCCC[C@@H]4C#N)c4cc[nH]c(=O)c34)ccc2S1(=O)=O. The van der Waals surface area contributed by atoms with Gasteiger partial charge in [-0.15, -0.1) is 0 Å². The minimum Gasteiger partial charge on any atom is -0.383 e. The summed E-state index contributed by atoms with van der Waals surface area (Å²) in [5.41, 5.74) is 1.71. The monoisotopic (exact) mass is 482 g/mol. The van der Waals surface area contributed by atoms with Crippen molar-refractivity contribution in [2.24, 2.45) is 5.92 Å². The normalized spacial score (nSPS) is 21.9. The Morgan fingerprint density at radius 1 is 1.29 bits per heavy atom. The fraction of sp³-hybridized carbons (Fsp3) is 0.435. The number of hydrogen-bond donors (Lipinski definition) is 2. The van der Waals surface area contributed by atoms with Crippen molar-refractivity contribution in [2.45, 2.75) is 43.2 Å². The number of ether oxygens (including phenoxy) is 1. The number of benzene rings is 1. The lowest BCUT2D eigenvalue weighted by Crippen LogP contribution is -2.27. The van der Waals surface area contributed by atoms with Crippen molar-refractivity contribution < 1.29 is 13.2 Å². The Labute approximate surface area is 197 Å². The van der Waals surface area contributed by atoms with Gasteiger partial charge in [0.15, 0.2) is 5.82 Å². The van der Waals surface area contributed by atoms with Crippen molar-refractivity contribution in [1.82, 2.24) is 19.1 Å². The highest BCUT2D eigenvalue weighted by Gasteiger charge is 2.34. The van der Waals surface area contributed by atoms with E-state index < -0.39 is 10.0 Å². The standard InChI is InChI=1S/C23H26N6O4S/c1-33-11-10-28-14-16-12-17(6-7-20(16)34(28,31)32)26-22-21-19(8-9-25-23(21)30)29(27-22)18-5-3-2-4-15(18)13-24/h6-9,12,15,18H,2-5,10-11,14H2,1H3,(H,25,30)(H,26,27)/t15-,18+/m1/s1. The maximum absolute atomic E-state index is 12.8. The van der Waals surface area contributed by atoms with Crippen molar-refractivity contribution in [1.29, 1.82) is 5.26 Å². The topological polar surface area (TPSA) is 133 Å². The fourth-order valence-corrected chi connectivity index (χ4v) is 6.57. The van der Waals surface area contributed by atoms with Crippen molar-refractivity contribution in [3.63, 3.8) is 0 Å². The number of hydrogen-bond acceptors (Lipinski definition) is 7. The van der Waals surface area contributed by atoms with Crippen molar-refractivity contribution in [3.05, 3.63) is 46.4 Å². The number of nitrogens with one attached hydrogen (secondary N) is 2. The highest BCUT2D eigenvalue weighted by molar-refractivity contribution is 7.89. The number of H-pyrrole nitrogens is 1. The molecule has 0 saturated heterocycles. The Balaban J connectivity index is 1.51. The second-order valence-electron chi connectivity index (χ2n) is 8.73. The number of nitriles is 1. The van der Waals surface area contributed by atoms with Crippen molar-refractivity contribution in [2.75, 3.05) is 25.6 Å². The molecule has 1 saturated carbocycles. The van der Waals surface area contributed by atoms with Gasteiger partial charge in [0.25, 0.3) is 5.56 Å². The Hall–Kier alpha value is -3.20. The van der Waals surface area contributed by atoms with Crippen LogP contribution in [0.2, 0.25) is 0 Å². The van der Waals surface area contributed by atoms with Gasteiger partial charge in [-0.25, -0.2) is 8.42 Å². The van der Waals surface area contributed by atoms with Crippen LogP contribution in [0.3, 0.4) is 0 Å². The maximum Gasteiger partial charge on any atom is 0.261 e. The Morgan fingerprint density at radius 3 is 2.91 bits per heavy atom. The van der Waals surface area contributed by atoms with Crippen molar-refractivity contribution in [3.8, 4) is 6.07 Å². The van der Waals surface area contributed by atoms with E-state index in [-0.39, 0.29) is 35.5 Å². The molecule has 2 N–H and O–H groups in total. The largest absolute Gasteiger partial charge is 0.383 e. The van der Waals surface area contributed by atoms with E-state index in [0.717, 1.165) is 25.7 Å². The van der Waals surface area contributed by atoms with E-state index in [1.165, 1.54) is 11.4 Å². The second kappa shape index (κ2) is 8.87. The molecule has 2 aromatic heterocycles. The first-order valence-corrected chi connectivity index (χ1v) is 12.8. The van der Waals surface area contributed by atoms with Crippen LogP contribution in [-0.2, 0) is 21.3 Å². The van der Waals surface area contributed by atoms with E-state index in [0.29, 0.717) is 34.6 Å². The summed E-state index contributed by atoms with van der Waals surface area (Å²) in [6.45, 7) is 0.857. The quantitative estimate of drug-likeness (QED) is 0.552. The number of rotatable bonds is 6. The number of nitrogens with zero attached hydrogens (tertiary/aromatic N) is 4. The van der Waals surface area contributed by atoms with Gasteiger partial charge in [0.05, 0.1) is 35.0 Å². The third-order valence-corrected chi connectivity index (χ3v) is 8.62. The van der Waals surface area contributed by atoms with Gasteiger partial charge in [-0.05, 0) is 42.7 Å². The first-order chi connectivity index (χ1) is 16.4. The smallest absolute Gasteiger partial charge is 0.261 e. The van der Waals surface area contributed by atoms with Gasteiger partial charge < -0.3 is 15.0 Å². The zero-order valence-corrected chi connectivity index (χ0v) is 19.6. The predicted molar refractivity (Wildman–Crippen MR) is 126 cm³/mol. The molecule has 3 aromatic rings. The van der Waals surface area contributed by atoms with Crippen LogP contribution in [0.5, 0.6) is 0 Å². The molecule has 1 aliphatic carbocycles. The summed E-state index contributed by atoms with van der Waals surface area (Å²) in [4.78, 5) is 15.7. The van der Waals surface area contributed by atoms with E-state index >= 15 is 0 Å². The summed E-state index contributed by atoms with van der Waals surface area (Å²) in [6, 6.07) is 9.15. The number of fused-ring (bicyclic) bond motifs is 2. The maximum atomic E-state index is 12.8. The number of anilines is 2. The summed E-state index contributed by atoms with van der Waals surface area (Å²) < 4.78 is 33.8. The van der Waals surface area contributed by atoms with Crippen LogP contribution in [0.25, 0.3) is 10.9 Å². The van der Waals surface area contributed by atoms with Crippen LogP contribution in [0, 0.1) is 17.2 Å². The van der Waals surface area contributed by atoms with E-state index in [9.17, 15) is 18.5 Å². The molecule has 0 radical (unpaired) electrons. The van der Waals surface area contributed by atoms with Crippen LogP contribution >= 0.6 is 0 Å². The molecule has 0 spiro atoms. The summed E-state index contributed by atoms with van der Waals surface area (Å²) >= 11 is 0. The van der Waals surface area contributed by atoms with Gasteiger partial charge in [0.1, 0.15) is 5.39 Å². The van der Waals surface area contributed by atoms with E-state index in [2.05, 4.69) is 16.4 Å². The van der Waals surface area contributed by atoms with E-state index in [1.54, 1.807) is 30.5 Å². The number of methoxy groups -OCH3 is 1. The molecule has 1 aliphatic heterocycles. The number of aromatic amines is 1. The molecule has 2 atom stereocenters. The van der Waals surface area contributed by atoms with Gasteiger partial charge in [-0.3, -0.25) is 9.48 Å². The Kier molecular flexibility index (Phi) is 5.89. The summed E-state index contributed by atoms with van der Waals surface area (Å²) in [5.74, 6) is 0.225. The number of sulfonamides is 1. The third kappa shape index (κ3) is 3.77. The van der Waals surface area contributed by atoms with E-state index in [1.807, 2.05) is 4.68 Å². The van der Waals surface area contributed by atoms with Crippen molar-refractivity contribution >= 4 is 32.4 Å². The lowest BCUT2D eigenvalue weighted by atomic mass is 9.85. The minimum atomic E-state index is -3.55. The van der Waals surface area contributed by atoms with Crippen LogP contribution in [-0.4, -0.2) is 47.7 Å². The summed E-state index contributed by atoms with van der Waals surface area (Å²) in [7, 11) is -2.01. The van der Waals surface area contributed by atoms with Gasteiger partial charge >= 0.3 is 0 Å². The zero-order chi connectivity index (χ0) is 23.9. The lowest BCUT2D eigenvalue weighted by molar-refractivity contribution is 0.179. The molecule has 1 aromatic carbocycles. The molecule has 11 heteroatoms.